The Balaban J connectivity index is 2.13. The van der Waals surface area contributed by atoms with Crippen molar-refractivity contribution in [3.05, 3.63) is 49.0 Å². The minimum Gasteiger partial charge on any atom is -0.345 e. The van der Waals surface area contributed by atoms with Gasteiger partial charge >= 0.3 is 0 Å². The van der Waals surface area contributed by atoms with Gasteiger partial charge in [-0.15, -0.1) is 11.3 Å². The first-order valence-corrected chi connectivity index (χ1v) is 7.87. The quantitative estimate of drug-likeness (QED) is 0.815. The van der Waals surface area contributed by atoms with Crippen molar-refractivity contribution >= 4 is 39.8 Å². The molecule has 1 amide bonds. The molecule has 0 bridgehead atoms. The summed E-state index contributed by atoms with van der Waals surface area (Å²) in [7, 11) is 0. The predicted octanol–water partition coefficient (Wildman–Crippen LogP) is 3.86. The van der Waals surface area contributed by atoms with Gasteiger partial charge in [0, 0.05) is 14.0 Å². The molecule has 0 spiro atoms. The Labute approximate surface area is 130 Å². The molecule has 0 aliphatic heterocycles. The van der Waals surface area contributed by atoms with E-state index in [-0.39, 0.29) is 11.9 Å². The summed E-state index contributed by atoms with van der Waals surface area (Å²) in [4.78, 5) is 17.7. The number of hydrogen-bond acceptors (Lipinski definition) is 3. The zero-order valence-electron chi connectivity index (χ0n) is 11.0. The van der Waals surface area contributed by atoms with Crippen molar-refractivity contribution in [2.24, 2.45) is 0 Å². The highest BCUT2D eigenvalue weighted by atomic mass is 127. The second-order valence-electron chi connectivity index (χ2n) is 4.39. The third kappa shape index (κ3) is 3.54. The molecule has 1 aromatic carbocycles. The van der Waals surface area contributed by atoms with Crippen LogP contribution in [0, 0.1) is 17.4 Å². The summed E-state index contributed by atoms with van der Waals surface area (Å²) in [6.45, 7) is 5.95. The third-order valence-corrected chi connectivity index (χ3v) is 4.69. The molecule has 0 aliphatic carbocycles. The first-order valence-electron chi connectivity index (χ1n) is 5.97. The van der Waals surface area contributed by atoms with E-state index in [0.717, 1.165) is 19.1 Å². The van der Waals surface area contributed by atoms with Crippen LogP contribution >= 0.6 is 33.9 Å². The number of halogens is 1. The molecular formula is C14H15IN2OS. The summed E-state index contributed by atoms with van der Waals surface area (Å²) in [5, 5.41) is 4.05. The average Bonchev–Trinajstić information content (AvgIpc) is 2.68. The van der Waals surface area contributed by atoms with Crippen LogP contribution in [0.15, 0.2) is 24.3 Å². The lowest BCUT2D eigenvalue weighted by atomic mass is 10.2. The molecular weight excluding hydrogens is 371 g/mol. The lowest BCUT2D eigenvalue weighted by Gasteiger charge is -2.13. The summed E-state index contributed by atoms with van der Waals surface area (Å²) in [6.07, 6.45) is 0. The molecule has 1 atom stereocenters. The van der Waals surface area contributed by atoms with Crippen LogP contribution < -0.4 is 5.32 Å². The highest BCUT2D eigenvalue weighted by Crippen LogP contribution is 2.24. The number of nitrogens with one attached hydrogen (secondary N) is 1. The molecule has 0 radical (unpaired) electrons. The highest BCUT2D eigenvalue weighted by molar-refractivity contribution is 14.1. The molecule has 3 nitrogen and oxygen atoms in total. The Morgan fingerprint density at radius 1 is 1.42 bits per heavy atom. The van der Waals surface area contributed by atoms with Crippen LogP contribution in [-0.4, -0.2) is 10.9 Å². The molecule has 1 unspecified atom stereocenters. The Hall–Kier alpha value is -0.950. The monoisotopic (exact) mass is 386 g/mol. The maximum atomic E-state index is 12.2. The molecule has 1 aromatic heterocycles. The number of benzene rings is 1. The largest absolute Gasteiger partial charge is 0.345 e. The van der Waals surface area contributed by atoms with Gasteiger partial charge < -0.3 is 5.32 Å². The number of aryl methyl sites for hydroxylation is 2. The Bertz CT molecular complexity index is 609. The molecule has 0 saturated carbocycles. The Morgan fingerprint density at radius 2 is 2.16 bits per heavy atom. The first-order chi connectivity index (χ1) is 8.97. The fourth-order valence-corrected chi connectivity index (χ4v) is 3.40. The third-order valence-electron chi connectivity index (χ3n) is 2.77. The molecule has 0 aliphatic rings. The van der Waals surface area contributed by atoms with Gasteiger partial charge in [0.15, 0.2) is 0 Å². The number of hydrogen-bond donors (Lipinski definition) is 1. The molecule has 100 valence electrons. The normalized spacial score (nSPS) is 12.2. The van der Waals surface area contributed by atoms with Crippen LogP contribution in [-0.2, 0) is 0 Å². The molecule has 2 rings (SSSR count). The molecule has 1 heterocycles. The van der Waals surface area contributed by atoms with Gasteiger partial charge in [0.05, 0.1) is 16.7 Å². The number of carbonyl (C=O) groups is 1. The second-order valence-corrected chi connectivity index (χ2v) is 6.87. The number of thiazole rings is 1. The van der Waals surface area contributed by atoms with Crippen LogP contribution in [0.1, 0.15) is 38.9 Å². The van der Waals surface area contributed by atoms with Crippen LogP contribution in [0.4, 0.5) is 0 Å². The van der Waals surface area contributed by atoms with Crippen molar-refractivity contribution < 1.29 is 4.79 Å². The zero-order chi connectivity index (χ0) is 14.0. The van der Waals surface area contributed by atoms with Crippen molar-refractivity contribution in [3.8, 4) is 0 Å². The lowest BCUT2D eigenvalue weighted by molar-refractivity contribution is 0.0940. The average molecular weight is 386 g/mol. The summed E-state index contributed by atoms with van der Waals surface area (Å²) in [5.74, 6) is -0.0449. The van der Waals surface area contributed by atoms with E-state index < -0.39 is 0 Å². The van der Waals surface area contributed by atoms with Gasteiger partial charge in [0.1, 0.15) is 0 Å². The number of nitrogens with zero attached hydrogens (tertiary/aromatic N) is 1. The second kappa shape index (κ2) is 6.00. The van der Waals surface area contributed by atoms with E-state index in [1.165, 1.54) is 0 Å². The number of amides is 1. The van der Waals surface area contributed by atoms with E-state index in [9.17, 15) is 4.79 Å². The zero-order valence-corrected chi connectivity index (χ0v) is 14.0. The topological polar surface area (TPSA) is 42.0 Å². The van der Waals surface area contributed by atoms with Crippen LogP contribution in [0.5, 0.6) is 0 Å². The van der Waals surface area contributed by atoms with Gasteiger partial charge in [-0.2, -0.15) is 0 Å². The van der Waals surface area contributed by atoms with Crippen LogP contribution in [0.3, 0.4) is 0 Å². The van der Waals surface area contributed by atoms with Gasteiger partial charge in [-0.3, -0.25) is 4.79 Å². The predicted molar refractivity (Wildman–Crippen MR) is 86.6 cm³/mol. The van der Waals surface area contributed by atoms with Gasteiger partial charge in [-0.05, 0) is 61.6 Å². The minimum absolute atomic E-state index is 0.0171. The van der Waals surface area contributed by atoms with Gasteiger partial charge in [0.2, 0.25) is 0 Å². The van der Waals surface area contributed by atoms with Crippen molar-refractivity contribution in [2.45, 2.75) is 26.8 Å². The molecule has 0 fully saturated rings. The molecule has 5 heteroatoms. The van der Waals surface area contributed by atoms with Gasteiger partial charge in [0.25, 0.3) is 5.91 Å². The first kappa shape index (κ1) is 14.5. The summed E-state index contributed by atoms with van der Waals surface area (Å²) in [6, 6.07) is 7.56. The van der Waals surface area contributed by atoms with E-state index in [1.54, 1.807) is 11.3 Å². The SMILES string of the molecule is Cc1nc(C)c(C(C)NC(=O)c2cccc(I)c2)s1. The minimum atomic E-state index is -0.0449. The maximum Gasteiger partial charge on any atom is 0.251 e. The van der Waals surface area contributed by atoms with Crippen molar-refractivity contribution in [2.75, 3.05) is 0 Å². The fourth-order valence-electron chi connectivity index (χ4n) is 1.92. The molecule has 0 saturated heterocycles. The van der Waals surface area contributed by atoms with E-state index in [4.69, 9.17) is 0 Å². The van der Waals surface area contributed by atoms with Crippen molar-refractivity contribution in [3.63, 3.8) is 0 Å². The van der Waals surface area contributed by atoms with E-state index in [0.29, 0.717) is 5.56 Å². The molecule has 1 N–H and O–H groups in total. The fraction of sp³-hybridized carbons (Fsp3) is 0.286. The molecule has 19 heavy (non-hydrogen) atoms. The Kier molecular flexibility index (Phi) is 4.57. The maximum absolute atomic E-state index is 12.2. The lowest BCUT2D eigenvalue weighted by Crippen LogP contribution is -2.26. The molecule has 2 aromatic rings. The van der Waals surface area contributed by atoms with Crippen LogP contribution in [0.2, 0.25) is 0 Å². The Morgan fingerprint density at radius 3 is 2.74 bits per heavy atom. The summed E-state index contributed by atoms with van der Waals surface area (Å²) in [5.41, 5.74) is 1.69. The summed E-state index contributed by atoms with van der Waals surface area (Å²) < 4.78 is 1.06. The van der Waals surface area contributed by atoms with E-state index in [1.807, 2.05) is 45.0 Å². The van der Waals surface area contributed by atoms with Crippen molar-refractivity contribution in [1.82, 2.24) is 10.3 Å². The van der Waals surface area contributed by atoms with Gasteiger partial charge in [-0.1, -0.05) is 6.07 Å². The van der Waals surface area contributed by atoms with Crippen LogP contribution in [0.25, 0.3) is 0 Å². The standard InChI is InChI=1S/C14H15IN2OS/c1-8-13(19-10(3)16-8)9(2)17-14(18)11-5-4-6-12(15)7-11/h4-7,9H,1-3H3,(H,17,18). The number of carbonyl (C=O) groups excluding carboxylic acids is 1. The van der Waals surface area contributed by atoms with Gasteiger partial charge in [-0.25, -0.2) is 4.98 Å². The van der Waals surface area contributed by atoms with E-state index in [2.05, 4.69) is 32.9 Å². The number of rotatable bonds is 3. The number of aromatic nitrogens is 1. The smallest absolute Gasteiger partial charge is 0.251 e. The summed E-state index contributed by atoms with van der Waals surface area (Å²) >= 11 is 3.84. The van der Waals surface area contributed by atoms with Crippen molar-refractivity contribution in [1.29, 1.82) is 0 Å². The van der Waals surface area contributed by atoms with E-state index >= 15 is 0 Å². The highest BCUT2D eigenvalue weighted by Gasteiger charge is 2.16.